The summed E-state index contributed by atoms with van der Waals surface area (Å²) in [6, 6.07) is 7.03. The van der Waals surface area contributed by atoms with Gasteiger partial charge in [-0.2, -0.15) is 0 Å². The molecule has 0 fully saturated rings. The number of amides is 1. The smallest absolute Gasteiger partial charge is 0.251 e. The topological polar surface area (TPSA) is 58.6 Å². The molecule has 2 N–H and O–H groups in total. The first-order valence-electron chi connectivity index (χ1n) is 6.64. The minimum Gasteiger partial charge on any atom is -0.497 e. The van der Waals surface area contributed by atoms with Gasteiger partial charge >= 0.3 is 0 Å². The van der Waals surface area contributed by atoms with Crippen LogP contribution in [0.1, 0.15) is 37.0 Å². The van der Waals surface area contributed by atoms with Gasteiger partial charge in [0.15, 0.2) is 0 Å². The minimum atomic E-state index is -0.228. The molecule has 0 atom stereocenters. The zero-order valence-corrected chi connectivity index (χ0v) is 11.9. The predicted molar refractivity (Wildman–Crippen MR) is 75.4 cm³/mol. The molecule has 106 valence electrons. The summed E-state index contributed by atoms with van der Waals surface area (Å²) in [7, 11) is 1.57. The van der Waals surface area contributed by atoms with Crippen LogP contribution in [0.15, 0.2) is 24.3 Å². The predicted octanol–water partition coefficient (Wildman–Crippen LogP) is 2.22. The number of ether oxygens (including phenoxy) is 1. The highest BCUT2D eigenvalue weighted by atomic mass is 16.5. The van der Waals surface area contributed by atoms with Crippen molar-refractivity contribution < 1.29 is 14.6 Å². The van der Waals surface area contributed by atoms with Crippen LogP contribution in [0.25, 0.3) is 0 Å². The molecule has 0 bridgehead atoms. The molecule has 1 rings (SSSR count). The van der Waals surface area contributed by atoms with Crippen molar-refractivity contribution in [3.05, 3.63) is 29.8 Å². The van der Waals surface area contributed by atoms with Gasteiger partial charge in [-0.25, -0.2) is 0 Å². The number of rotatable bonds is 7. The van der Waals surface area contributed by atoms with E-state index in [2.05, 4.69) is 5.32 Å². The monoisotopic (exact) mass is 265 g/mol. The number of aliphatic hydroxyl groups excluding tert-OH is 1. The molecule has 0 aliphatic carbocycles. The fraction of sp³-hybridized carbons (Fsp3) is 0.533. The Morgan fingerprint density at radius 2 is 2.05 bits per heavy atom. The standard InChI is InChI=1S/C15H23NO3/c1-4-15(5-2,11-17)10-16-14(18)12-7-6-8-13(9-12)19-3/h6-9,17H,4-5,10-11H2,1-3H3,(H,16,18). The second kappa shape index (κ2) is 7.14. The summed E-state index contributed by atoms with van der Waals surface area (Å²) < 4.78 is 5.09. The highest BCUT2D eigenvalue weighted by molar-refractivity contribution is 5.94. The number of nitrogens with one attached hydrogen (secondary N) is 1. The fourth-order valence-electron chi connectivity index (χ4n) is 1.91. The van der Waals surface area contributed by atoms with E-state index in [1.165, 1.54) is 0 Å². The van der Waals surface area contributed by atoms with Crippen molar-refractivity contribution in [1.82, 2.24) is 5.32 Å². The van der Waals surface area contributed by atoms with Gasteiger partial charge in [0.25, 0.3) is 5.91 Å². The number of hydrogen-bond acceptors (Lipinski definition) is 3. The van der Waals surface area contributed by atoms with Crippen LogP contribution in [-0.2, 0) is 0 Å². The van der Waals surface area contributed by atoms with Crippen molar-refractivity contribution in [2.45, 2.75) is 26.7 Å². The zero-order chi connectivity index (χ0) is 14.3. The van der Waals surface area contributed by atoms with Crippen LogP contribution in [0.5, 0.6) is 5.75 Å². The Kier molecular flexibility index (Phi) is 5.83. The Balaban J connectivity index is 2.69. The average molecular weight is 265 g/mol. The van der Waals surface area contributed by atoms with Gasteiger partial charge in [-0.05, 0) is 31.0 Å². The van der Waals surface area contributed by atoms with Crippen molar-refractivity contribution in [2.24, 2.45) is 5.41 Å². The molecule has 1 amide bonds. The van der Waals surface area contributed by atoms with Crippen molar-refractivity contribution >= 4 is 5.91 Å². The normalized spacial score (nSPS) is 11.2. The van der Waals surface area contributed by atoms with Gasteiger partial charge in [-0.1, -0.05) is 19.9 Å². The largest absolute Gasteiger partial charge is 0.497 e. The highest BCUT2D eigenvalue weighted by Crippen LogP contribution is 2.24. The van der Waals surface area contributed by atoms with Gasteiger partial charge < -0.3 is 15.2 Å². The molecule has 0 heterocycles. The second-order valence-electron chi connectivity index (χ2n) is 4.78. The molecule has 0 aliphatic rings. The van der Waals surface area contributed by atoms with Gasteiger partial charge in [0, 0.05) is 17.5 Å². The molecule has 4 heteroatoms. The summed E-state index contributed by atoms with van der Waals surface area (Å²) in [6.07, 6.45) is 1.66. The number of benzene rings is 1. The first kappa shape index (κ1) is 15.5. The number of methoxy groups -OCH3 is 1. The Labute approximate surface area is 114 Å². The maximum Gasteiger partial charge on any atom is 0.251 e. The lowest BCUT2D eigenvalue weighted by molar-refractivity contribution is 0.0851. The maximum absolute atomic E-state index is 12.1. The molecule has 0 aromatic heterocycles. The van der Waals surface area contributed by atoms with Crippen LogP contribution in [0.2, 0.25) is 0 Å². The molecular formula is C15H23NO3. The fourth-order valence-corrected chi connectivity index (χ4v) is 1.91. The molecule has 0 radical (unpaired) electrons. The molecular weight excluding hydrogens is 242 g/mol. The molecule has 19 heavy (non-hydrogen) atoms. The van der Waals surface area contributed by atoms with E-state index in [4.69, 9.17) is 4.74 Å². The lowest BCUT2D eigenvalue weighted by Gasteiger charge is -2.29. The summed E-state index contributed by atoms with van der Waals surface area (Å²) >= 11 is 0. The van der Waals surface area contributed by atoms with Crippen LogP contribution < -0.4 is 10.1 Å². The SMILES string of the molecule is CCC(CC)(CO)CNC(=O)c1cccc(OC)c1. The van der Waals surface area contributed by atoms with E-state index in [-0.39, 0.29) is 17.9 Å². The number of aliphatic hydroxyl groups is 1. The molecule has 0 unspecified atom stereocenters. The first-order chi connectivity index (χ1) is 9.10. The van der Waals surface area contributed by atoms with E-state index in [0.717, 1.165) is 12.8 Å². The van der Waals surface area contributed by atoms with E-state index in [1.807, 2.05) is 13.8 Å². The molecule has 0 saturated heterocycles. The highest BCUT2D eigenvalue weighted by Gasteiger charge is 2.25. The quantitative estimate of drug-likeness (QED) is 0.794. The van der Waals surface area contributed by atoms with Crippen molar-refractivity contribution in [2.75, 3.05) is 20.3 Å². The zero-order valence-electron chi connectivity index (χ0n) is 11.9. The summed E-state index contributed by atoms with van der Waals surface area (Å²) in [4.78, 5) is 12.1. The van der Waals surface area contributed by atoms with Gasteiger partial charge in [-0.15, -0.1) is 0 Å². The van der Waals surface area contributed by atoms with Gasteiger partial charge in [0.2, 0.25) is 0 Å². The van der Waals surface area contributed by atoms with Crippen LogP contribution in [0, 0.1) is 5.41 Å². The van der Waals surface area contributed by atoms with Crippen LogP contribution >= 0.6 is 0 Å². The second-order valence-corrected chi connectivity index (χ2v) is 4.78. The van der Waals surface area contributed by atoms with Gasteiger partial charge in [0.1, 0.15) is 5.75 Å². The van der Waals surface area contributed by atoms with Gasteiger partial charge in [-0.3, -0.25) is 4.79 Å². The van der Waals surface area contributed by atoms with Crippen LogP contribution in [-0.4, -0.2) is 31.3 Å². The van der Waals surface area contributed by atoms with Gasteiger partial charge in [0.05, 0.1) is 13.7 Å². The number of carbonyl (C=O) groups excluding carboxylic acids is 1. The van der Waals surface area contributed by atoms with Crippen molar-refractivity contribution in [3.8, 4) is 5.75 Å². The van der Waals surface area contributed by atoms with E-state index in [0.29, 0.717) is 17.9 Å². The lowest BCUT2D eigenvalue weighted by Crippen LogP contribution is -2.39. The summed E-state index contributed by atoms with van der Waals surface area (Å²) in [5, 5.41) is 12.4. The van der Waals surface area contributed by atoms with Crippen LogP contribution in [0.3, 0.4) is 0 Å². The molecule has 1 aromatic carbocycles. The molecule has 1 aromatic rings. The first-order valence-corrected chi connectivity index (χ1v) is 6.64. The third-order valence-electron chi connectivity index (χ3n) is 3.79. The van der Waals surface area contributed by atoms with Crippen molar-refractivity contribution in [1.29, 1.82) is 0 Å². The van der Waals surface area contributed by atoms with Crippen molar-refractivity contribution in [3.63, 3.8) is 0 Å². The van der Waals surface area contributed by atoms with E-state index >= 15 is 0 Å². The Morgan fingerprint density at radius 1 is 1.37 bits per heavy atom. The third kappa shape index (κ3) is 3.96. The third-order valence-corrected chi connectivity index (χ3v) is 3.79. The summed E-state index contributed by atoms with van der Waals surface area (Å²) in [6.45, 7) is 4.61. The van der Waals surface area contributed by atoms with Crippen LogP contribution in [0.4, 0.5) is 0 Å². The Bertz CT molecular complexity index is 405. The molecule has 0 saturated carbocycles. The Hall–Kier alpha value is -1.55. The van der Waals surface area contributed by atoms with E-state index < -0.39 is 0 Å². The molecule has 0 spiro atoms. The average Bonchev–Trinajstić information content (AvgIpc) is 2.49. The summed E-state index contributed by atoms with van der Waals surface area (Å²) in [5.41, 5.74) is 0.340. The molecule has 0 aliphatic heterocycles. The minimum absolute atomic E-state index is 0.0817. The number of hydrogen-bond donors (Lipinski definition) is 2. The lowest BCUT2D eigenvalue weighted by atomic mass is 9.83. The summed E-state index contributed by atoms with van der Waals surface area (Å²) in [5.74, 6) is 0.519. The maximum atomic E-state index is 12.1. The van der Waals surface area contributed by atoms with E-state index in [9.17, 15) is 9.90 Å². The number of carbonyl (C=O) groups is 1. The van der Waals surface area contributed by atoms with E-state index in [1.54, 1.807) is 31.4 Å². The molecule has 4 nitrogen and oxygen atoms in total. The Morgan fingerprint density at radius 3 is 2.58 bits per heavy atom.